The van der Waals surface area contributed by atoms with E-state index in [2.05, 4.69) is 10.2 Å². The van der Waals surface area contributed by atoms with E-state index in [0.29, 0.717) is 22.9 Å². The number of fused-ring (bicyclic) bond motifs is 1. The second-order valence-corrected chi connectivity index (χ2v) is 4.94. The van der Waals surface area contributed by atoms with Crippen molar-refractivity contribution in [3.8, 4) is 0 Å². The Morgan fingerprint density at radius 2 is 1.76 bits per heavy atom. The van der Waals surface area contributed by atoms with Gasteiger partial charge in [0.1, 0.15) is 5.82 Å². The first kappa shape index (κ1) is 13.9. The Labute approximate surface area is 123 Å². The minimum atomic E-state index is -4.33. The first-order chi connectivity index (χ1) is 9.95. The summed E-state index contributed by atoms with van der Waals surface area (Å²) in [5.41, 5.74) is 0.582. The first-order valence-corrected chi connectivity index (χ1v) is 6.47. The van der Waals surface area contributed by atoms with Crippen LogP contribution < -0.4 is 0 Å². The van der Waals surface area contributed by atoms with Crippen molar-refractivity contribution < 1.29 is 13.2 Å². The molecule has 21 heavy (non-hydrogen) atoms. The predicted octanol–water partition coefficient (Wildman–Crippen LogP) is 3.99. The molecule has 0 aliphatic carbocycles. The molecule has 0 N–H and O–H groups in total. The van der Waals surface area contributed by atoms with Gasteiger partial charge < -0.3 is 0 Å². The van der Waals surface area contributed by atoms with E-state index in [4.69, 9.17) is 11.6 Å². The Balaban J connectivity index is 1.90. The third kappa shape index (κ3) is 2.71. The van der Waals surface area contributed by atoms with Crippen molar-refractivity contribution in [3.63, 3.8) is 0 Å². The lowest BCUT2D eigenvalue weighted by molar-refractivity contribution is -0.137. The van der Waals surface area contributed by atoms with Gasteiger partial charge in [-0.25, -0.2) is 0 Å². The normalized spacial score (nSPS) is 12.0. The van der Waals surface area contributed by atoms with Gasteiger partial charge in [0.2, 0.25) is 0 Å². The number of benzene rings is 1. The average Bonchev–Trinajstić information content (AvgIpc) is 2.83. The molecule has 0 spiro atoms. The Bertz CT molecular complexity index is 778. The van der Waals surface area contributed by atoms with Crippen molar-refractivity contribution in [2.75, 3.05) is 0 Å². The summed E-state index contributed by atoms with van der Waals surface area (Å²) in [6.45, 7) is 0. The predicted molar refractivity (Wildman–Crippen MR) is 72.2 cm³/mol. The van der Waals surface area contributed by atoms with Crippen LogP contribution >= 0.6 is 11.6 Å². The number of alkyl halides is 3. The maximum atomic E-state index is 12.5. The molecule has 0 aliphatic heterocycles. The second-order valence-electron chi connectivity index (χ2n) is 4.54. The summed E-state index contributed by atoms with van der Waals surface area (Å²) in [6, 6.07) is 8.46. The highest BCUT2D eigenvalue weighted by Crippen LogP contribution is 2.29. The fourth-order valence-corrected chi connectivity index (χ4v) is 2.25. The molecule has 0 fully saturated rings. The number of aromatic nitrogens is 3. The lowest BCUT2D eigenvalue weighted by atomic mass is 10.1. The molecule has 0 saturated heterocycles. The van der Waals surface area contributed by atoms with Crippen LogP contribution in [0.1, 0.15) is 17.0 Å². The van der Waals surface area contributed by atoms with Crippen molar-refractivity contribution in [2.45, 2.75) is 12.6 Å². The van der Waals surface area contributed by atoms with E-state index in [0.717, 1.165) is 17.7 Å². The fourth-order valence-electron chi connectivity index (χ4n) is 2.05. The van der Waals surface area contributed by atoms with Gasteiger partial charge in [-0.2, -0.15) is 13.2 Å². The number of rotatable bonds is 2. The third-order valence-corrected chi connectivity index (χ3v) is 3.40. The first-order valence-electron chi connectivity index (χ1n) is 6.09. The zero-order chi connectivity index (χ0) is 15.0. The van der Waals surface area contributed by atoms with Gasteiger partial charge in [-0.05, 0) is 29.8 Å². The smallest absolute Gasteiger partial charge is 0.285 e. The summed E-state index contributed by atoms with van der Waals surface area (Å²) in [6.07, 6.45) is -2.19. The molecule has 2 aromatic heterocycles. The molecule has 0 saturated carbocycles. The number of halogens is 4. The van der Waals surface area contributed by atoms with Crippen LogP contribution in [0.5, 0.6) is 0 Å². The van der Waals surface area contributed by atoms with Gasteiger partial charge in [0, 0.05) is 12.6 Å². The maximum Gasteiger partial charge on any atom is 0.416 e. The Kier molecular flexibility index (Phi) is 3.33. The molecule has 3 nitrogen and oxygen atoms in total. The minimum absolute atomic E-state index is 0.375. The largest absolute Gasteiger partial charge is 0.416 e. The van der Waals surface area contributed by atoms with E-state index >= 15 is 0 Å². The molecule has 108 valence electrons. The van der Waals surface area contributed by atoms with E-state index in [9.17, 15) is 13.2 Å². The van der Waals surface area contributed by atoms with E-state index < -0.39 is 11.7 Å². The van der Waals surface area contributed by atoms with Crippen molar-refractivity contribution in [1.29, 1.82) is 0 Å². The molecule has 1 aromatic carbocycles. The molecule has 3 aromatic rings. The summed E-state index contributed by atoms with van der Waals surface area (Å²) < 4.78 is 39.2. The zero-order valence-electron chi connectivity index (χ0n) is 10.6. The highest BCUT2D eigenvalue weighted by Gasteiger charge is 2.29. The summed E-state index contributed by atoms with van der Waals surface area (Å²) in [4.78, 5) is 0. The van der Waals surface area contributed by atoms with E-state index in [1.165, 1.54) is 12.1 Å². The molecule has 3 rings (SSSR count). The van der Waals surface area contributed by atoms with Crippen molar-refractivity contribution in [2.24, 2.45) is 0 Å². The Hall–Kier alpha value is -2.08. The SMILES string of the molecule is FC(F)(F)c1ccc(Cc2nnc3c(Cl)cccn23)cc1. The molecule has 0 amide bonds. The lowest BCUT2D eigenvalue weighted by Crippen LogP contribution is -2.05. The molecule has 2 heterocycles. The highest BCUT2D eigenvalue weighted by atomic mass is 35.5. The highest BCUT2D eigenvalue weighted by molar-refractivity contribution is 6.33. The van der Waals surface area contributed by atoms with Crippen molar-refractivity contribution in [3.05, 3.63) is 64.6 Å². The van der Waals surface area contributed by atoms with E-state index in [-0.39, 0.29) is 0 Å². The maximum absolute atomic E-state index is 12.5. The number of hydrogen-bond acceptors (Lipinski definition) is 2. The topological polar surface area (TPSA) is 30.2 Å². The molecule has 0 bridgehead atoms. The lowest BCUT2D eigenvalue weighted by Gasteiger charge is -2.07. The molecule has 0 atom stereocenters. The zero-order valence-corrected chi connectivity index (χ0v) is 11.4. The van der Waals surface area contributed by atoms with Crippen LogP contribution in [0.25, 0.3) is 5.65 Å². The second kappa shape index (κ2) is 5.04. The Morgan fingerprint density at radius 3 is 2.43 bits per heavy atom. The van der Waals surface area contributed by atoms with Crippen LogP contribution in [-0.4, -0.2) is 14.6 Å². The Morgan fingerprint density at radius 1 is 1.05 bits per heavy atom. The molecule has 0 aliphatic rings. The van der Waals surface area contributed by atoms with E-state index in [1.807, 2.05) is 0 Å². The molecule has 0 unspecified atom stereocenters. The average molecular weight is 312 g/mol. The molecular weight excluding hydrogens is 303 g/mol. The van der Waals surface area contributed by atoms with E-state index in [1.54, 1.807) is 22.7 Å². The summed E-state index contributed by atoms with van der Waals surface area (Å²) in [5, 5.41) is 8.48. The summed E-state index contributed by atoms with van der Waals surface area (Å²) in [7, 11) is 0. The molecule has 7 heteroatoms. The van der Waals surface area contributed by atoms with Gasteiger partial charge in [0.05, 0.1) is 10.6 Å². The van der Waals surface area contributed by atoms with Crippen molar-refractivity contribution >= 4 is 17.2 Å². The van der Waals surface area contributed by atoms with Crippen LogP contribution in [0.15, 0.2) is 42.6 Å². The quantitative estimate of drug-likeness (QED) is 0.716. The van der Waals surface area contributed by atoms with Crippen LogP contribution in [0.3, 0.4) is 0 Å². The number of nitrogens with zero attached hydrogens (tertiary/aromatic N) is 3. The minimum Gasteiger partial charge on any atom is -0.285 e. The monoisotopic (exact) mass is 311 g/mol. The number of pyridine rings is 1. The standard InChI is InChI=1S/C14H9ClF3N3/c15-11-2-1-7-21-12(19-20-13(11)21)8-9-3-5-10(6-4-9)14(16,17)18/h1-7H,8H2. The third-order valence-electron chi connectivity index (χ3n) is 3.10. The molecule has 0 radical (unpaired) electrons. The van der Waals surface area contributed by atoms with Crippen molar-refractivity contribution in [1.82, 2.24) is 14.6 Å². The fraction of sp³-hybridized carbons (Fsp3) is 0.143. The summed E-state index contributed by atoms with van der Waals surface area (Å²) >= 11 is 6.00. The van der Waals surface area contributed by atoms with Crippen LogP contribution in [0, 0.1) is 0 Å². The molecular formula is C14H9ClF3N3. The van der Waals surface area contributed by atoms with Gasteiger partial charge in [-0.1, -0.05) is 23.7 Å². The van der Waals surface area contributed by atoms with Crippen LogP contribution in [0.2, 0.25) is 5.02 Å². The van der Waals surface area contributed by atoms with Crippen LogP contribution in [-0.2, 0) is 12.6 Å². The van der Waals surface area contributed by atoms with Gasteiger partial charge in [0.15, 0.2) is 5.65 Å². The number of hydrogen-bond donors (Lipinski definition) is 0. The van der Waals surface area contributed by atoms with Gasteiger partial charge in [-0.15, -0.1) is 10.2 Å². The van der Waals surface area contributed by atoms with Crippen LogP contribution in [0.4, 0.5) is 13.2 Å². The van der Waals surface area contributed by atoms with Gasteiger partial charge >= 0.3 is 6.18 Å². The van der Waals surface area contributed by atoms with Gasteiger partial charge in [0.25, 0.3) is 0 Å². The summed E-state index contributed by atoms with van der Waals surface area (Å²) in [5.74, 6) is 0.618. The van der Waals surface area contributed by atoms with Gasteiger partial charge in [-0.3, -0.25) is 4.40 Å².